The van der Waals surface area contributed by atoms with Crippen molar-refractivity contribution < 1.29 is 19.2 Å². The van der Waals surface area contributed by atoms with Crippen molar-refractivity contribution in [2.75, 3.05) is 11.5 Å². The highest BCUT2D eigenvalue weighted by Crippen LogP contribution is 2.40. The van der Waals surface area contributed by atoms with Gasteiger partial charge in [0.1, 0.15) is 6.61 Å². The molecule has 0 aliphatic carbocycles. The fourth-order valence-corrected chi connectivity index (χ4v) is 5.43. The summed E-state index contributed by atoms with van der Waals surface area (Å²) >= 11 is 10.3. The Morgan fingerprint density at radius 3 is 2.56 bits per heavy atom. The van der Waals surface area contributed by atoms with Gasteiger partial charge < -0.3 is 9.47 Å². The smallest absolute Gasteiger partial charge is 0.270 e. The maximum Gasteiger partial charge on any atom is 0.270 e. The van der Waals surface area contributed by atoms with E-state index in [1.54, 1.807) is 29.2 Å². The molecule has 1 aliphatic heterocycles. The number of thioether (sulfide) groups is 1. The van der Waals surface area contributed by atoms with Crippen LogP contribution in [0, 0.1) is 17.0 Å². The molecule has 0 N–H and O–H groups in total. The quantitative estimate of drug-likeness (QED) is 0.121. The van der Waals surface area contributed by atoms with Gasteiger partial charge in [0.25, 0.3) is 11.6 Å². The highest BCUT2D eigenvalue weighted by atomic mass is 79.9. The third-order valence-corrected chi connectivity index (χ3v) is 7.10. The van der Waals surface area contributed by atoms with Gasteiger partial charge in [0.05, 0.1) is 26.6 Å². The summed E-state index contributed by atoms with van der Waals surface area (Å²) in [5, 5.41) is 10.9. The van der Waals surface area contributed by atoms with Gasteiger partial charge in [-0.05, 0) is 88.9 Å². The lowest BCUT2D eigenvalue weighted by molar-refractivity contribution is -0.384. The molecule has 3 aromatic rings. The molecular formula is C26H21BrN2O5S2. The van der Waals surface area contributed by atoms with Crippen molar-refractivity contribution in [1.82, 2.24) is 0 Å². The Balaban J connectivity index is 1.57. The second-order valence-corrected chi connectivity index (χ2v) is 10.4. The van der Waals surface area contributed by atoms with E-state index in [-0.39, 0.29) is 18.2 Å². The summed E-state index contributed by atoms with van der Waals surface area (Å²) < 4.78 is 12.9. The molecule has 36 heavy (non-hydrogen) atoms. The van der Waals surface area contributed by atoms with E-state index >= 15 is 0 Å². The molecule has 0 spiro atoms. The second kappa shape index (κ2) is 11.2. The fourth-order valence-electron chi connectivity index (χ4n) is 3.55. The van der Waals surface area contributed by atoms with E-state index < -0.39 is 4.92 Å². The largest absolute Gasteiger partial charge is 0.490 e. The number of carbonyl (C=O) groups excluding carboxylic acids is 1. The fraction of sp³-hybridized carbons (Fsp3) is 0.154. The molecule has 1 amide bonds. The lowest BCUT2D eigenvalue weighted by Gasteiger charge is -2.15. The van der Waals surface area contributed by atoms with Crippen LogP contribution in [0.15, 0.2) is 70.0 Å². The number of thiocarbonyl (C=S) groups is 1. The highest BCUT2D eigenvalue weighted by molar-refractivity contribution is 9.10. The molecule has 0 saturated carbocycles. The van der Waals surface area contributed by atoms with Crippen molar-refractivity contribution in [3.63, 3.8) is 0 Å². The van der Waals surface area contributed by atoms with Crippen LogP contribution < -0.4 is 14.4 Å². The summed E-state index contributed by atoms with van der Waals surface area (Å²) in [5.74, 6) is 0.831. The Morgan fingerprint density at radius 1 is 1.14 bits per heavy atom. The summed E-state index contributed by atoms with van der Waals surface area (Å²) in [6.45, 7) is 4.45. The minimum Gasteiger partial charge on any atom is -0.490 e. The minimum absolute atomic E-state index is 0.0205. The third kappa shape index (κ3) is 5.77. The molecule has 0 radical (unpaired) electrons. The van der Waals surface area contributed by atoms with Gasteiger partial charge in [0.2, 0.25) is 0 Å². The number of hydrogen-bond donors (Lipinski definition) is 0. The number of amides is 1. The molecule has 1 heterocycles. The Kier molecular flexibility index (Phi) is 8.07. The highest BCUT2D eigenvalue weighted by Gasteiger charge is 2.33. The van der Waals surface area contributed by atoms with Crippen LogP contribution in [0.1, 0.15) is 23.6 Å². The van der Waals surface area contributed by atoms with E-state index in [0.29, 0.717) is 31.8 Å². The summed E-state index contributed by atoms with van der Waals surface area (Å²) in [6.07, 6.45) is 1.78. The average Bonchev–Trinajstić information content (AvgIpc) is 3.11. The number of ether oxygens (including phenoxy) is 2. The zero-order chi connectivity index (χ0) is 25.8. The lowest BCUT2D eigenvalue weighted by atomic mass is 10.1. The van der Waals surface area contributed by atoms with Gasteiger partial charge in [-0.3, -0.25) is 19.8 Å². The average molecular weight is 586 g/mol. The molecule has 1 aliphatic rings. The Bertz CT molecular complexity index is 1380. The van der Waals surface area contributed by atoms with E-state index in [0.717, 1.165) is 22.4 Å². The van der Waals surface area contributed by atoms with Gasteiger partial charge >= 0.3 is 0 Å². The van der Waals surface area contributed by atoms with Gasteiger partial charge in [-0.15, -0.1) is 0 Å². The number of carbonyl (C=O) groups is 1. The van der Waals surface area contributed by atoms with Crippen LogP contribution in [-0.2, 0) is 11.4 Å². The molecule has 184 valence electrons. The van der Waals surface area contributed by atoms with Gasteiger partial charge in [-0.2, -0.15) is 0 Å². The number of aryl methyl sites for hydroxylation is 1. The normalized spacial score (nSPS) is 14.4. The number of halogens is 1. The van der Waals surface area contributed by atoms with Crippen LogP contribution in [0.25, 0.3) is 6.08 Å². The lowest BCUT2D eigenvalue weighted by Crippen LogP contribution is -2.27. The number of non-ortho nitro benzene ring substituents is 1. The molecule has 1 saturated heterocycles. The summed E-state index contributed by atoms with van der Waals surface area (Å²) in [5.41, 5.74) is 3.33. The number of benzene rings is 3. The Labute approximate surface area is 226 Å². The van der Waals surface area contributed by atoms with Gasteiger partial charge in [0, 0.05) is 12.1 Å². The Morgan fingerprint density at radius 2 is 1.89 bits per heavy atom. The van der Waals surface area contributed by atoms with Crippen LogP contribution in [0.3, 0.4) is 0 Å². The molecule has 0 unspecified atom stereocenters. The number of hydrogen-bond acceptors (Lipinski definition) is 7. The summed E-state index contributed by atoms with van der Waals surface area (Å²) in [6, 6.07) is 17.5. The first-order chi connectivity index (χ1) is 17.3. The van der Waals surface area contributed by atoms with Crippen LogP contribution in [0.5, 0.6) is 11.5 Å². The summed E-state index contributed by atoms with van der Waals surface area (Å²) in [4.78, 5) is 25.6. The molecule has 0 aromatic heterocycles. The maximum absolute atomic E-state index is 13.2. The van der Waals surface area contributed by atoms with E-state index in [1.165, 1.54) is 23.9 Å². The molecule has 3 aromatic carbocycles. The molecule has 10 heteroatoms. The van der Waals surface area contributed by atoms with Crippen molar-refractivity contribution in [2.24, 2.45) is 0 Å². The summed E-state index contributed by atoms with van der Waals surface area (Å²) in [7, 11) is 0. The van der Waals surface area contributed by atoms with Gasteiger partial charge in [-0.1, -0.05) is 36.1 Å². The standard InChI is InChI=1S/C26H21BrN2O5S2/c1-3-33-22-13-18(12-21(27)24(22)34-15-17-7-9-19(10-8-17)29(31)32)14-23-25(30)28(26(35)36-23)20-6-4-5-16(2)11-20/h4-14H,3,15H2,1-2H3/b23-14-. The van der Waals surface area contributed by atoms with Crippen molar-refractivity contribution in [2.45, 2.75) is 20.5 Å². The molecule has 1 fully saturated rings. The first-order valence-corrected chi connectivity index (χ1v) is 13.0. The van der Waals surface area contributed by atoms with Crippen LogP contribution >= 0.6 is 39.9 Å². The van der Waals surface area contributed by atoms with E-state index in [2.05, 4.69) is 15.9 Å². The molecule has 0 bridgehead atoms. The minimum atomic E-state index is -0.443. The number of anilines is 1. The van der Waals surface area contributed by atoms with Gasteiger partial charge in [-0.25, -0.2) is 0 Å². The van der Waals surface area contributed by atoms with E-state index in [9.17, 15) is 14.9 Å². The Hall–Kier alpha value is -3.21. The number of nitrogens with zero attached hydrogens (tertiary/aromatic N) is 2. The number of rotatable bonds is 8. The maximum atomic E-state index is 13.2. The number of nitro benzene ring substituents is 1. The second-order valence-electron chi connectivity index (χ2n) is 7.83. The monoisotopic (exact) mass is 584 g/mol. The molecular weight excluding hydrogens is 564 g/mol. The van der Waals surface area contributed by atoms with Crippen LogP contribution in [-0.4, -0.2) is 21.8 Å². The molecule has 4 rings (SSSR count). The van der Waals surface area contributed by atoms with Crippen molar-refractivity contribution in [3.05, 3.63) is 96.8 Å². The van der Waals surface area contributed by atoms with Crippen LogP contribution in [0.2, 0.25) is 0 Å². The molecule has 0 atom stereocenters. The third-order valence-electron chi connectivity index (χ3n) is 5.21. The predicted molar refractivity (Wildman–Crippen MR) is 150 cm³/mol. The van der Waals surface area contributed by atoms with Crippen molar-refractivity contribution >= 4 is 67.6 Å². The first kappa shape index (κ1) is 25.9. The first-order valence-electron chi connectivity index (χ1n) is 10.9. The van der Waals surface area contributed by atoms with Gasteiger partial charge in [0.15, 0.2) is 15.8 Å². The van der Waals surface area contributed by atoms with E-state index in [4.69, 9.17) is 21.7 Å². The van der Waals surface area contributed by atoms with Crippen molar-refractivity contribution in [1.29, 1.82) is 0 Å². The zero-order valence-corrected chi connectivity index (χ0v) is 22.6. The topological polar surface area (TPSA) is 81.9 Å². The molecule has 7 nitrogen and oxygen atoms in total. The predicted octanol–water partition coefficient (Wildman–Crippen LogP) is 7.05. The SMILES string of the molecule is CCOc1cc(/C=C2\SC(=S)N(c3cccc(C)c3)C2=O)cc(Br)c1OCc1ccc([N+](=O)[O-])cc1. The number of nitro groups is 1. The van der Waals surface area contributed by atoms with E-state index in [1.807, 2.05) is 44.2 Å². The zero-order valence-electron chi connectivity index (χ0n) is 19.4. The van der Waals surface area contributed by atoms with Crippen molar-refractivity contribution in [3.8, 4) is 11.5 Å². The van der Waals surface area contributed by atoms with Crippen LogP contribution in [0.4, 0.5) is 11.4 Å².